The maximum Gasteiger partial charge on any atom is 0.270 e. The number of hydrogen-bond acceptors (Lipinski definition) is 9. The molecule has 2 aromatic carbocycles. The van der Waals surface area contributed by atoms with E-state index in [4.69, 9.17) is 9.47 Å². The molecule has 1 N–H and O–H groups in total. The van der Waals surface area contributed by atoms with Gasteiger partial charge in [-0.3, -0.25) is 10.1 Å². The molecule has 31 heavy (non-hydrogen) atoms. The molecular formula is C21H21N5O4S. The van der Waals surface area contributed by atoms with Gasteiger partial charge in [0.25, 0.3) is 5.69 Å². The van der Waals surface area contributed by atoms with Crippen molar-refractivity contribution in [3.63, 3.8) is 0 Å². The largest absolute Gasteiger partial charge is 0.493 e. The number of aromatic nitrogens is 3. The molecule has 9 nitrogen and oxygen atoms in total. The molecule has 0 fully saturated rings. The standard InChI is InChI=1S/C21H21N5O4S/c1-3-11-29-17-10-9-13(26(27)28)12-15(17)19-22-16-8-6-5-7-14(16)18-20(30-19)23-21(25-24-18)31-4-2/h5-10,12,19,22H,3-4,11H2,1-2H3/t19-/m1/s1. The van der Waals surface area contributed by atoms with Gasteiger partial charge in [-0.15, -0.1) is 10.2 Å². The number of nitro groups is 1. The van der Waals surface area contributed by atoms with Gasteiger partial charge in [-0.05, 0) is 24.3 Å². The topological polar surface area (TPSA) is 112 Å². The van der Waals surface area contributed by atoms with Crippen LogP contribution in [0.2, 0.25) is 0 Å². The van der Waals surface area contributed by atoms with E-state index in [1.54, 1.807) is 6.07 Å². The predicted octanol–water partition coefficient (Wildman–Crippen LogP) is 4.85. The van der Waals surface area contributed by atoms with Crippen molar-refractivity contribution in [1.29, 1.82) is 0 Å². The fourth-order valence-corrected chi connectivity index (χ4v) is 3.68. The zero-order valence-electron chi connectivity index (χ0n) is 17.1. The van der Waals surface area contributed by atoms with E-state index in [0.29, 0.717) is 34.7 Å². The van der Waals surface area contributed by atoms with E-state index in [0.717, 1.165) is 23.4 Å². The van der Waals surface area contributed by atoms with E-state index in [2.05, 4.69) is 20.5 Å². The summed E-state index contributed by atoms with van der Waals surface area (Å²) in [4.78, 5) is 15.5. The number of benzene rings is 2. The lowest BCUT2D eigenvalue weighted by Crippen LogP contribution is -2.18. The molecular weight excluding hydrogens is 418 g/mol. The zero-order valence-corrected chi connectivity index (χ0v) is 17.9. The molecule has 1 aliphatic heterocycles. The third-order valence-corrected chi connectivity index (χ3v) is 5.28. The van der Waals surface area contributed by atoms with Crippen molar-refractivity contribution in [1.82, 2.24) is 15.2 Å². The first kappa shape index (κ1) is 20.9. The molecule has 160 valence electrons. The average Bonchev–Trinajstić information content (AvgIpc) is 2.94. The van der Waals surface area contributed by atoms with Gasteiger partial charge < -0.3 is 14.8 Å². The minimum Gasteiger partial charge on any atom is -0.493 e. The van der Waals surface area contributed by atoms with Gasteiger partial charge in [0.15, 0.2) is 5.69 Å². The second-order valence-corrected chi connectivity index (χ2v) is 7.93. The number of nitrogens with zero attached hydrogens (tertiary/aromatic N) is 4. The van der Waals surface area contributed by atoms with Crippen LogP contribution in [-0.2, 0) is 0 Å². The third kappa shape index (κ3) is 4.38. The summed E-state index contributed by atoms with van der Waals surface area (Å²) in [6, 6.07) is 12.1. The van der Waals surface area contributed by atoms with Crippen molar-refractivity contribution in [3.8, 4) is 22.9 Å². The summed E-state index contributed by atoms with van der Waals surface area (Å²) in [5, 5.41) is 23.8. The lowest BCUT2D eigenvalue weighted by molar-refractivity contribution is -0.385. The number of hydrogen-bond donors (Lipinski definition) is 1. The molecule has 0 radical (unpaired) electrons. The second-order valence-electron chi connectivity index (χ2n) is 6.70. The minimum absolute atomic E-state index is 0.0509. The molecule has 0 spiro atoms. The van der Waals surface area contributed by atoms with Crippen LogP contribution in [0.5, 0.6) is 11.6 Å². The molecule has 2 heterocycles. The molecule has 0 saturated heterocycles. The van der Waals surface area contributed by atoms with Gasteiger partial charge in [-0.2, -0.15) is 4.98 Å². The average molecular weight is 439 g/mol. The van der Waals surface area contributed by atoms with Crippen LogP contribution < -0.4 is 14.8 Å². The van der Waals surface area contributed by atoms with Crippen LogP contribution in [-0.4, -0.2) is 32.5 Å². The van der Waals surface area contributed by atoms with Gasteiger partial charge in [0.2, 0.25) is 17.3 Å². The summed E-state index contributed by atoms with van der Waals surface area (Å²) < 4.78 is 12.1. The van der Waals surface area contributed by atoms with E-state index in [-0.39, 0.29) is 5.69 Å². The number of non-ortho nitro benzene ring substituents is 1. The van der Waals surface area contributed by atoms with Gasteiger partial charge in [0, 0.05) is 23.4 Å². The first-order valence-electron chi connectivity index (χ1n) is 9.92. The summed E-state index contributed by atoms with van der Waals surface area (Å²) in [5.41, 5.74) is 2.51. The Labute approximate surface area is 183 Å². The maximum absolute atomic E-state index is 11.4. The molecule has 10 heteroatoms. The molecule has 3 aromatic rings. The van der Waals surface area contributed by atoms with E-state index in [9.17, 15) is 10.1 Å². The summed E-state index contributed by atoms with van der Waals surface area (Å²) in [7, 11) is 0. The highest BCUT2D eigenvalue weighted by Gasteiger charge is 2.29. The van der Waals surface area contributed by atoms with Crippen LogP contribution in [0.4, 0.5) is 11.4 Å². The molecule has 0 aliphatic carbocycles. The first-order valence-corrected chi connectivity index (χ1v) is 10.9. The summed E-state index contributed by atoms with van der Waals surface area (Å²) >= 11 is 1.45. The summed E-state index contributed by atoms with van der Waals surface area (Å²) in [5.74, 6) is 1.61. The molecule has 1 atom stereocenters. The van der Waals surface area contributed by atoms with E-state index < -0.39 is 11.2 Å². The molecule has 0 unspecified atom stereocenters. The number of ether oxygens (including phenoxy) is 2. The van der Waals surface area contributed by atoms with Crippen molar-refractivity contribution in [2.24, 2.45) is 0 Å². The molecule has 0 amide bonds. The van der Waals surface area contributed by atoms with Gasteiger partial charge in [0.05, 0.1) is 17.1 Å². The molecule has 0 saturated carbocycles. The van der Waals surface area contributed by atoms with Crippen molar-refractivity contribution in [3.05, 3.63) is 58.1 Å². The Morgan fingerprint density at radius 3 is 2.84 bits per heavy atom. The van der Waals surface area contributed by atoms with Gasteiger partial charge in [-0.25, -0.2) is 0 Å². The van der Waals surface area contributed by atoms with Crippen molar-refractivity contribution in [2.45, 2.75) is 31.7 Å². The van der Waals surface area contributed by atoms with Crippen LogP contribution in [0.15, 0.2) is 47.6 Å². The number of rotatable bonds is 7. The normalized spacial score (nSPS) is 14.5. The van der Waals surface area contributed by atoms with Crippen molar-refractivity contribution >= 4 is 23.1 Å². The SMILES string of the molecule is CCCOc1ccc([N+](=O)[O-])cc1[C@@H]1Nc2ccccc2-c2nnc(SCC)nc2O1. The van der Waals surface area contributed by atoms with E-state index in [1.807, 2.05) is 38.1 Å². The Bertz CT molecular complexity index is 1110. The monoisotopic (exact) mass is 439 g/mol. The predicted molar refractivity (Wildman–Crippen MR) is 118 cm³/mol. The first-order chi connectivity index (χ1) is 15.1. The lowest BCUT2D eigenvalue weighted by Gasteiger charge is -2.21. The van der Waals surface area contributed by atoms with Crippen LogP contribution in [0.3, 0.4) is 0 Å². The summed E-state index contributed by atoms with van der Waals surface area (Å²) in [6.45, 7) is 4.47. The number of para-hydroxylation sites is 1. The van der Waals surface area contributed by atoms with Crippen LogP contribution in [0.25, 0.3) is 11.3 Å². The Kier molecular flexibility index (Phi) is 6.17. The Hall–Kier alpha value is -3.40. The Morgan fingerprint density at radius 2 is 2.06 bits per heavy atom. The smallest absolute Gasteiger partial charge is 0.270 e. The quantitative estimate of drug-likeness (QED) is 0.313. The molecule has 4 rings (SSSR count). The number of nitrogens with one attached hydrogen (secondary N) is 1. The highest BCUT2D eigenvalue weighted by Crippen LogP contribution is 2.41. The fraction of sp³-hybridized carbons (Fsp3) is 0.286. The number of thioether (sulfide) groups is 1. The Morgan fingerprint density at radius 1 is 1.23 bits per heavy atom. The highest BCUT2D eigenvalue weighted by atomic mass is 32.2. The van der Waals surface area contributed by atoms with Gasteiger partial charge in [-0.1, -0.05) is 43.8 Å². The summed E-state index contributed by atoms with van der Waals surface area (Å²) in [6.07, 6.45) is 0.0285. The van der Waals surface area contributed by atoms with Crippen LogP contribution in [0.1, 0.15) is 32.1 Å². The molecule has 1 aliphatic rings. The molecule has 1 aromatic heterocycles. The van der Waals surface area contributed by atoms with Gasteiger partial charge in [0.1, 0.15) is 5.75 Å². The second kappa shape index (κ2) is 9.17. The third-order valence-electron chi connectivity index (χ3n) is 4.56. The highest BCUT2D eigenvalue weighted by molar-refractivity contribution is 7.99. The zero-order chi connectivity index (χ0) is 21.8. The van der Waals surface area contributed by atoms with E-state index in [1.165, 1.54) is 23.9 Å². The minimum atomic E-state index is -0.773. The van der Waals surface area contributed by atoms with Gasteiger partial charge >= 0.3 is 0 Å². The number of anilines is 1. The Balaban J connectivity index is 1.84. The lowest BCUT2D eigenvalue weighted by atomic mass is 10.1. The van der Waals surface area contributed by atoms with E-state index >= 15 is 0 Å². The number of fused-ring (bicyclic) bond motifs is 3. The molecule has 0 bridgehead atoms. The van der Waals surface area contributed by atoms with Crippen LogP contribution in [0, 0.1) is 10.1 Å². The maximum atomic E-state index is 11.4. The van der Waals surface area contributed by atoms with Crippen LogP contribution >= 0.6 is 11.8 Å². The van der Waals surface area contributed by atoms with Crippen molar-refractivity contribution in [2.75, 3.05) is 17.7 Å². The fourth-order valence-electron chi connectivity index (χ4n) is 3.18. The number of nitro benzene ring substituents is 1. The van der Waals surface area contributed by atoms with Crippen molar-refractivity contribution < 1.29 is 14.4 Å².